The molecule has 0 saturated carbocycles. The lowest BCUT2D eigenvalue weighted by Gasteiger charge is -2.26. The predicted octanol–water partition coefficient (Wildman–Crippen LogP) is 1.49. The van der Waals surface area contributed by atoms with Crippen LogP contribution in [0.3, 0.4) is 0 Å². The molecule has 0 unspecified atom stereocenters. The Bertz CT molecular complexity index is 399. The fourth-order valence-corrected chi connectivity index (χ4v) is 1.83. The van der Waals surface area contributed by atoms with Gasteiger partial charge in [0.1, 0.15) is 0 Å². The topological polar surface area (TPSA) is 46.3 Å². The fourth-order valence-electron chi connectivity index (χ4n) is 1.83. The summed E-state index contributed by atoms with van der Waals surface area (Å²) < 4.78 is 0. The van der Waals surface area contributed by atoms with Crippen LogP contribution >= 0.6 is 0 Å². The van der Waals surface area contributed by atoms with Crippen molar-refractivity contribution >= 4 is 17.3 Å². The molecule has 3 nitrogen and oxygen atoms in total. The number of hydrogen-bond donors (Lipinski definition) is 1. The molecule has 0 bridgehead atoms. The number of nitrogens with zero attached hydrogens (tertiary/aromatic N) is 1. The van der Waals surface area contributed by atoms with Gasteiger partial charge in [0, 0.05) is 24.8 Å². The van der Waals surface area contributed by atoms with E-state index in [0.717, 1.165) is 23.4 Å². The van der Waals surface area contributed by atoms with Gasteiger partial charge in [0.25, 0.3) is 0 Å². The molecule has 1 heterocycles. The highest BCUT2D eigenvalue weighted by atomic mass is 16.2. The molecule has 0 spiro atoms. The van der Waals surface area contributed by atoms with Crippen LogP contribution < -0.4 is 10.6 Å². The second-order valence-electron chi connectivity index (χ2n) is 3.79. The van der Waals surface area contributed by atoms with E-state index in [1.165, 1.54) is 5.56 Å². The zero-order valence-electron chi connectivity index (χ0n) is 8.50. The summed E-state index contributed by atoms with van der Waals surface area (Å²) in [6, 6.07) is 3.97. The van der Waals surface area contributed by atoms with Crippen molar-refractivity contribution in [2.24, 2.45) is 0 Å². The normalized spacial score (nSPS) is 15.6. The molecule has 2 N–H and O–H groups in total. The number of hydrogen-bond acceptors (Lipinski definition) is 2. The Balaban J connectivity index is 2.55. The Hall–Kier alpha value is -1.51. The Labute approximate surface area is 83.5 Å². The Kier molecular flexibility index (Phi) is 1.95. The lowest BCUT2D eigenvalue weighted by atomic mass is 9.98. The number of benzene rings is 1. The van der Waals surface area contributed by atoms with Crippen LogP contribution in [0.2, 0.25) is 0 Å². The van der Waals surface area contributed by atoms with Gasteiger partial charge in [0.15, 0.2) is 0 Å². The van der Waals surface area contributed by atoms with E-state index in [0.29, 0.717) is 6.42 Å². The molecule has 0 aliphatic carbocycles. The van der Waals surface area contributed by atoms with Gasteiger partial charge in [-0.15, -0.1) is 0 Å². The quantitative estimate of drug-likeness (QED) is 0.630. The van der Waals surface area contributed by atoms with Crippen LogP contribution in [0.15, 0.2) is 12.1 Å². The maximum atomic E-state index is 11.4. The minimum atomic E-state index is 0.167. The number of nitrogens with two attached hydrogens (primary N) is 1. The van der Waals surface area contributed by atoms with Crippen molar-refractivity contribution in [2.45, 2.75) is 19.8 Å². The average molecular weight is 190 g/mol. The maximum Gasteiger partial charge on any atom is 0.227 e. The van der Waals surface area contributed by atoms with Crippen molar-refractivity contribution < 1.29 is 4.79 Å². The summed E-state index contributed by atoms with van der Waals surface area (Å²) in [5.41, 5.74) is 9.84. The van der Waals surface area contributed by atoms with Crippen molar-refractivity contribution in [2.75, 3.05) is 17.7 Å². The number of carbonyl (C=O) groups excluding carboxylic acids is 1. The molecule has 1 amide bonds. The molecule has 0 radical (unpaired) electrons. The summed E-state index contributed by atoms with van der Waals surface area (Å²) in [4.78, 5) is 13.1. The molecule has 0 aromatic heterocycles. The molecular formula is C11H14N2O. The number of amides is 1. The number of rotatable bonds is 0. The molecule has 0 atom stereocenters. The van der Waals surface area contributed by atoms with Crippen molar-refractivity contribution in [1.82, 2.24) is 0 Å². The van der Waals surface area contributed by atoms with E-state index in [2.05, 4.69) is 6.07 Å². The third kappa shape index (κ3) is 1.25. The first-order valence-corrected chi connectivity index (χ1v) is 4.75. The fraction of sp³-hybridized carbons (Fsp3) is 0.364. The molecule has 74 valence electrons. The molecule has 1 aromatic rings. The second kappa shape index (κ2) is 3.01. The number of anilines is 2. The first kappa shape index (κ1) is 9.06. The van der Waals surface area contributed by atoms with E-state index in [1.807, 2.05) is 13.0 Å². The Morgan fingerprint density at radius 2 is 2.07 bits per heavy atom. The van der Waals surface area contributed by atoms with Crippen LogP contribution in [0, 0.1) is 6.92 Å². The van der Waals surface area contributed by atoms with Crippen LogP contribution in [0.25, 0.3) is 0 Å². The molecule has 2 rings (SSSR count). The highest BCUT2D eigenvalue weighted by molar-refractivity contribution is 5.96. The summed E-state index contributed by atoms with van der Waals surface area (Å²) >= 11 is 0. The van der Waals surface area contributed by atoms with Crippen LogP contribution in [0.1, 0.15) is 17.5 Å². The minimum Gasteiger partial charge on any atom is -0.398 e. The molecule has 1 aliphatic rings. The Morgan fingerprint density at radius 1 is 1.36 bits per heavy atom. The maximum absolute atomic E-state index is 11.4. The highest BCUT2D eigenvalue weighted by Crippen LogP contribution is 2.30. The third-order valence-corrected chi connectivity index (χ3v) is 2.81. The summed E-state index contributed by atoms with van der Waals surface area (Å²) in [6.07, 6.45) is 1.44. The average Bonchev–Trinajstić information content (AvgIpc) is 2.15. The molecule has 1 aromatic carbocycles. The number of nitrogen functional groups attached to an aromatic ring is 1. The van der Waals surface area contributed by atoms with Crippen LogP contribution in [-0.2, 0) is 11.2 Å². The van der Waals surface area contributed by atoms with Crippen LogP contribution in [0.4, 0.5) is 11.4 Å². The van der Waals surface area contributed by atoms with Gasteiger partial charge >= 0.3 is 0 Å². The molecular weight excluding hydrogens is 176 g/mol. The predicted molar refractivity (Wildman–Crippen MR) is 57.3 cm³/mol. The van der Waals surface area contributed by atoms with E-state index < -0.39 is 0 Å². The highest BCUT2D eigenvalue weighted by Gasteiger charge is 2.21. The van der Waals surface area contributed by atoms with Gasteiger partial charge in [-0.2, -0.15) is 0 Å². The van der Waals surface area contributed by atoms with Gasteiger partial charge < -0.3 is 10.6 Å². The van der Waals surface area contributed by atoms with Crippen molar-refractivity contribution in [3.05, 3.63) is 23.3 Å². The van der Waals surface area contributed by atoms with Crippen molar-refractivity contribution in [3.63, 3.8) is 0 Å². The summed E-state index contributed by atoms with van der Waals surface area (Å²) in [7, 11) is 1.80. The van der Waals surface area contributed by atoms with Gasteiger partial charge in [0.2, 0.25) is 5.91 Å². The number of fused-ring (bicyclic) bond motifs is 1. The number of aryl methyl sites for hydroxylation is 2. The van der Waals surface area contributed by atoms with Gasteiger partial charge in [-0.25, -0.2) is 0 Å². The van der Waals surface area contributed by atoms with E-state index in [1.54, 1.807) is 11.9 Å². The SMILES string of the molecule is Cc1cc2c(cc1N)N(C)C(=O)CC2. The minimum absolute atomic E-state index is 0.167. The number of carbonyl (C=O) groups is 1. The van der Waals surface area contributed by atoms with Crippen LogP contribution in [0.5, 0.6) is 0 Å². The molecule has 14 heavy (non-hydrogen) atoms. The van der Waals surface area contributed by atoms with Crippen LogP contribution in [-0.4, -0.2) is 13.0 Å². The van der Waals surface area contributed by atoms with Gasteiger partial charge in [-0.05, 0) is 30.5 Å². The monoisotopic (exact) mass is 190 g/mol. The summed E-state index contributed by atoms with van der Waals surface area (Å²) in [5.74, 6) is 0.167. The second-order valence-corrected chi connectivity index (χ2v) is 3.79. The van der Waals surface area contributed by atoms with Crippen molar-refractivity contribution in [1.29, 1.82) is 0 Å². The smallest absolute Gasteiger partial charge is 0.227 e. The summed E-state index contributed by atoms with van der Waals surface area (Å²) in [6.45, 7) is 1.99. The lowest BCUT2D eigenvalue weighted by molar-refractivity contribution is -0.118. The molecule has 1 aliphatic heterocycles. The zero-order valence-corrected chi connectivity index (χ0v) is 8.50. The Morgan fingerprint density at radius 3 is 2.79 bits per heavy atom. The van der Waals surface area contributed by atoms with Gasteiger partial charge in [-0.3, -0.25) is 4.79 Å². The largest absolute Gasteiger partial charge is 0.398 e. The standard InChI is InChI=1S/C11H14N2O/c1-7-5-8-3-4-11(14)13(2)10(8)6-9(7)12/h5-6H,3-4,12H2,1-2H3. The molecule has 0 fully saturated rings. The van der Waals surface area contributed by atoms with E-state index in [4.69, 9.17) is 5.73 Å². The van der Waals surface area contributed by atoms with Gasteiger partial charge in [0.05, 0.1) is 0 Å². The van der Waals surface area contributed by atoms with E-state index in [-0.39, 0.29) is 5.91 Å². The lowest BCUT2D eigenvalue weighted by Crippen LogP contribution is -2.31. The van der Waals surface area contributed by atoms with Crippen molar-refractivity contribution in [3.8, 4) is 0 Å². The zero-order chi connectivity index (χ0) is 10.3. The van der Waals surface area contributed by atoms with Gasteiger partial charge in [-0.1, -0.05) is 6.07 Å². The van der Waals surface area contributed by atoms with E-state index in [9.17, 15) is 4.79 Å². The van der Waals surface area contributed by atoms with E-state index >= 15 is 0 Å². The summed E-state index contributed by atoms with van der Waals surface area (Å²) in [5, 5.41) is 0. The molecule has 0 saturated heterocycles. The first-order chi connectivity index (χ1) is 6.59. The molecule has 3 heteroatoms. The first-order valence-electron chi connectivity index (χ1n) is 4.75. The third-order valence-electron chi connectivity index (χ3n) is 2.81.